The van der Waals surface area contributed by atoms with Gasteiger partial charge in [0.05, 0.1) is 13.2 Å². The van der Waals surface area contributed by atoms with Crippen LogP contribution < -0.4 is 14.8 Å². The number of rotatable bonds is 2. The molecule has 0 amide bonds. The summed E-state index contributed by atoms with van der Waals surface area (Å²) in [7, 11) is 0. The zero-order valence-corrected chi connectivity index (χ0v) is 10.6. The lowest BCUT2D eigenvalue weighted by Crippen LogP contribution is -2.15. The summed E-state index contributed by atoms with van der Waals surface area (Å²) < 4.78 is 37.5. The van der Waals surface area contributed by atoms with Gasteiger partial charge in [0.25, 0.3) is 6.43 Å². The Morgan fingerprint density at radius 1 is 1.11 bits per heavy atom. The molecule has 1 N–H and O–H groups in total. The first-order valence-corrected chi connectivity index (χ1v) is 6.70. The molecule has 0 aromatic heterocycles. The van der Waals surface area contributed by atoms with Crippen LogP contribution in [-0.4, -0.2) is 19.8 Å². The Kier molecular flexibility index (Phi) is 3.55. The highest BCUT2D eigenvalue weighted by molar-refractivity contribution is 5.49. The molecule has 1 saturated heterocycles. The molecule has 2 aliphatic rings. The molecular formula is C14H17F2NO2. The van der Waals surface area contributed by atoms with Crippen molar-refractivity contribution in [1.29, 1.82) is 0 Å². The van der Waals surface area contributed by atoms with E-state index < -0.39 is 6.43 Å². The third-order valence-electron chi connectivity index (χ3n) is 3.62. The topological polar surface area (TPSA) is 30.5 Å². The fraction of sp³-hybridized carbons (Fsp3) is 0.571. The molecule has 1 unspecified atom stereocenters. The number of alkyl halides is 2. The number of ether oxygens (including phenoxy) is 2. The van der Waals surface area contributed by atoms with Crippen molar-refractivity contribution < 1.29 is 18.3 Å². The van der Waals surface area contributed by atoms with Crippen LogP contribution in [0.2, 0.25) is 0 Å². The van der Waals surface area contributed by atoms with Gasteiger partial charge in [-0.05, 0) is 37.1 Å². The normalized spacial score (nSPS) is 22.6. The predicted molar refractivity (Wildman–Crippen MR) is 67.0 cm³/mol. The maximum atomic E-state index is 13.2. The molecule has 0 saturated carbocycles. The average Bonchev–Trinajstić information content (AvgIpc) is 2.83. The van der Waals surface area contributed by atoms with Crippen molar-refractivity contribution in [3.05, 3.63) is 23.3 Å². The summed E-state index contributed by atoms with van der Waals surface area (Å²) in [6, 6.07) is 3.17. The first-order valence-electron chi connectivity index (χ1n) is 6.70. The molecule has 1 atom stereocenters. The summed E-state index contributed by atoms with van der Waals surface area (Å²) >= 11 is 0. The monoisotopic (exact) mass is 269 g/mol. The molecule has 0 bridgehead atoms. The van der Waals surface area contributed by atoms with Crippen LogP contribution in [0.1, 0.15) is 42.9 Å². The van der Waals surface area contributed by atoms with Gasteiger partial charge in [0.1, 0.15) is 0 Å². The van der Waals surface area contributed by atoms with Crippen molar-refractivity contribution in [3.63, 3.8) is 0 Å². The van der Waals surface area contributed by atoms with E-state index in [4.69, 9.17) is 9.47 Å². The highest BCUT2D eigenvalue weighted by Crippen LogP contribution is 2.40. The molecule has 3 rings (SSSR count). The Hall–Kier alpha value is -1.36. The quantitative estimate of drug-likeness (QED) is 0.894. The van der Waals surface area contributed by atoms with Crippen molar-refractivity contribution in [1.82, 2.24) is 5.32 Å². The molecule has 104 valence electrons. The van der Waals surface area contributed by atoms with Crippen LogP contribution in [0.3, 0.4) is 0 Å². The summed E-state index contributed by atoms with van der Waals surface area (Å²) in [5, 5.41) is 3.26. The van der Waals surface area contributed by atoms with Gasteiger partial charge in [0.15, 0.2) is 11.5 Å². The Morgan fingerprint density at radius 3 is 2.47 bits per heavy atom. The van der Waals surface area contributed by atoms with Gasteiger partial charge < -0.3 is 14.8 Å². The molecule has 3 nitrogen and oxygen atoms in total. The summed E-state index contributed by atoms with van der Waals surface area (Å²) in [5.41, 5.74) is 0.709. The van der Waals surface area contributed by atoms with Gasteiger partial charge in [-0.1, -0.05) is 0 Å². The fourth-order valence-corrected chi connectivity index (χ4v) is 2.68. The number of hydrogen-bond donors (Lipinski definition) is 1. The van der Waals surface area contributed by atoms with E-state index in [-0.39, 0.29) is 11.6 Å². The zero-order valence-electron chi connectivity index (χ0n) is 10.6. The molecule has 0 spiro atoms. The first-order chi connectivity index (χ1) is 9.25. The molecule has 5 heteroatoms. The number of hydrogen-bond acceptors (Lipinski definition) is 3. The summed E-state index contributed by atoms with van der Waals surface area (Å²) in [5.74, 6) is 1.03. The van der Waals surface area contributed by atoms with Crippen LogP contribution in [0, 0.1) is 0 Å². The smallest absolute Gasteiger partial charge is 0.264 e. The van der Waals surface area contributed by atoms with E-state index in [1.165, 1.54) is 6.07 Å². The Bertz CT molecular complexity index is 459. The fourth-order valence-electron chi connectivity index (χ4n) is 2.68. The Morgan fingerprint density at radius 2 is 1.84 bits per heavy atom. The lowest BCUT2D eigenvalue weighted by molar-refractivity contribution is 0.149. The molecule has 2 heterocycles. The van der Waals surface area contributed by atoms with Crippen molar-refractivity contribution in [3.8, 4) is 11.5 Å². The lowest BCUT2D eigenvalue weighted by atomic mass is 9.98. The van der Waals surface area contributed by atoms with Gasteiger partial charge in [-0.15, -0.1) is 0 Å². The van der Waals surface area contributed by atoms with Gasteiger partial charge in [0.2, 0.25) is 0 Å². The number of fused-ring (bicyclic) bond motifs is 1. The van der Waals surface area contributed by atoms with Gasteiger partial charge in [-0.2, -0.15) is 0 Å². The molecule has 0 aliphatic carbocycles. The van der Waals surface area contributed by atoms with E-state index in [1.54, 1.807) is 6.07 Å². The number of halogens is 2. The first kappa shape index (κ1) is 12.7. The third-order valence-corrected chi connectivity index (χ3v) is 3.62. The summed E-state index contributed by atoms with van der Waals surface area (Å²) in [6.07, 6.45) is 0.186. The molecule has 1 aromatic rings. The van der Waals surface area contributed by atoms with E-state index in [9.17, 15) is 8.78 Å². The minimum atomic E-state index is -2.49. The zero-order chi connectivity index (χ0) is 13.2. The molecular weight excluding hydrogens is 252 g/mol. The van der Waals surface area contributed by atoms with Crippen molar-refractivity contribution in [2.75, 3.05) is 19.8 Å². The van der Waals surface area contributed by atoms with Crippen LogP contribution in [0.25, 0.3) is 0 Å². The van der Waals surface area contributed by atoms with Gasteiger partial charge in [0, 0.05) is 18.0 Å². The number of nitrogens with one attached hydrogen (secondary N) is 1. The maximum Gasteiger partial charge on any atom is 0.264 e. The van der Waals surface area contributed by atoms with E-state index in [2.05, 4.69) is 5.32 Å². The maximum absolute atomic E-state index is 13.2. The molecule has 2 aliphatic heterocycles. The van der Waals surface area contributed by atoms with Gasteiger partial charge in [-0.3, -0.25) is 0 Å². The SMILES string of the molecule is FC(F)c1cc2c(cc1C1CCCN1)OCCCO2. The summed E-state index contributed by atoms with van der Waals surface area (Å²) in [6.45, 7) is 1.96. The van der Waals surface area contributed by atoms with Crippen LogP contribution >= 0.6 is 0 Å². The third kappa shape index (κ3) is 2.52. The molecule has 1 aromatic carbocycles. The molecule has 19 heavy (non-hydrogen) atoms. The van der Waals surface area contributed by atoms with Crippen molar-refractivity contribution in [2.24, 2.45) is 0 Å². The predicted octanol–water partition coefficient (Wildman–Crippen LogP) is 3.21. The standard InChI is InChI=1S/C14H17F2NO2/c15-14(16)10-8-13-12(18-5-2-6-19-13)7-9(10)11-3-1-4-17-11/h7-8,11,14,17H,1-6H2. The average molecular weight is 269 g/mol. The van der Waals surface area contributed by atoms with E-state index in [0.29, 0.717) is 30.3 Å². The van der Waals surface area contributed by atoms with Crippen LogP contribution in [-0.2, 0) is 0 Å². The largest absolute Gasteiger partial charge is 0.490 e. The molecule has 0 radical (unpaired) electrons. The second-order valence-corrected chi connectivity index (χ2v) is 4.93. The minimum Gasteiger partial charge on any atom is -0.490 e. The van der Waals surface area contributed by atoms with E-state index in [1.807, 2.05) is 0 Å². The van der Waals surface area contributed by atoms with Crippen LogP contribution in [0.4, 0.5) is 8.78 Å². The molecule has 1 fully saturated rings. The lowest BCUT2D eigenvalue weighted by Gasteiger charge is -2.18. The minimum absolute atomic E-state index is 0.00107. The van der Waals surface area contributed by atoms with Crippen LogP contribution in [0.15, 0.2) is 12.1 Å². The van der Waals surface area contributed by atoms with E-state index in [0.717, 1.165) is 25.8 Å². The second-order valence-electron chi connectivity index (χ2n) is 4.93. The van der Waals surface area contributed by atoms with Gasteiger partial charge in [-0.25, -0.2) is 8.78 Å². The van der Waals surface area contributed by atoms with Crippen molar-refractivity contribution in [2.45, 2.75) is 31.7 Å². The number of benzene rings is 1. The highest BCUT2D eigenvalue weighted by atomic mass is 19.3. The second kappa shape index (κ2) is 5.33. The van der Waals surface area contributed by atoms with E-state index >= 15 is 0 Å². The Labute approximate surface area is 110 Å². The van der Waals surface area contributed by atoms with Crippen molar-refractivity contribution >= 4 is 0 Å². The van der Waals surface area contributed by atoms with Gasteiger partial charge >= 0.3 is 0 Å². The Balaban J connectivity index is 2.02. The van der Waals surface area contributed by atoms with Crippen LogP contribution in [0.5, 0.6) is 11.5 Å². The highest BCUT2D eigenvalue weighted by Gasteiger charge is 2.26. The summed E-state index contributed by atoms with van der Waals surface area (Å²) in [4.78, 5) is 0.